The SMILES string of the molecule is COCC1(C(=O)O)CCN(C(=O)c2ccccc2SCc2cccs2)C1. The number of carbonyl (C=O) groups excluding carboxylic acids is 1. The van der Waals surface area contributed by atoms with Crippen molar-refractivity contribution in [2.75, 3.05) is 26.8 Å². The lowest BCUT2D eigenvalue weighted by Crippen LogP contribution is -2.40. The Kier molecular flexibility index (Phi) is 6.01. The zero-order valence-electron chi connectivity index (χ0n) is 14.5. The molecule has 0 saturated carbocycles. The first-order valence-electron chi connectivity index (χ1n) is 8.31. The number of hydrogen-bond donors (Lipinski definition) is 1. The number of rotatable bonds is 7. The molecular weight excluding hydrogens is 370 g/mol. The summed E-state index contributed by atoms with van der Waals surface area (Å²) >= 11 is 3.33. The molecule has 1 saturated heterocycles. The van der Waals surface area contributed by atoms with Crippen molar-refractivity contribution >= 4 is 35.0 Å². The van der Waals surface area contributed by atoms with Gasteiger partial charge in [-0.2, -0.15) is 0 Å². The monoisotopic (exact) mass is 391 g/mol. The Labute approximate surface area is 161 Å². The van der Waals surface area contributed by atoms with Gasteiger partial charge in [-0.15, -0.1) is 23.1 Å². The van der Waals surface area contributed by atoms with Crippen LogP contribution in [0.25, 0.3) is 0 Å². The third-order valence-corrected chi connectivity index (χ3v) is 6.76. The summed E-state index contributed by atoms with van der Waals surface area (Å²) < 4.78 is 5.11. The highest BCUT2D eigenvalue weighted by atomic mass is 32.2. The molecular formula is C19H21NO4S2. The molecule has 1 fully saturated rings. The van der Waals surface area contributed by atoms with Crippen molar-refractivity contribution in [3.05, 3.63) is 52.2 Å². The Balaban J connectivity index is 1.75. The van der Waals surface area contributed by atoms with E-state index in [0.29, 0.717) is 18.5 Å². The Morgan fingerprint density at radius 1 is 1.31 bits per heavy atom. The van der Waals surface area contributed by atoms with E-state index in [1.54, 1.807) is 28.0 Å². The minimum absolute atomic E-state index is 0.112. The number of likely N-dealkylation sites (tertiary alicyclic amines) is 1. The summed E-state index contributed by atoms with van der Waals surface area (Å²) in [6.07, 6.45) is 0.409. The maximum absolute atomic E-state index is 13.0. The number of carboxylic acids is 1. The van der Waals surface area contributed by atoms with Gasteiger partial charge in [-0.05, 0) is 30.0 Å². The largest absolute Gasteiger partial charge is 0.481 e. The number of carbonyl (C=O) groups is 2. The molecule has 1 aliphatic heterocycles. The molecule has 1 aromatic carbocycles. The summed E-state index contributed by atoms with van der Waals surface area (Å²) in [5.41, 5.74) is -0.378. The number of amides is 1. The summed E-state index contributed by atoms with van der Waals surface area (Å²) in [6.45, 7) is 0.720. The number of methoxy groups -OCH3 is 1. The van der Waals surface area contributed by atoms with E-state index >= 15 is 0 Å². The molecule has 0 radical (unpaired) electrons. The molecule has 7 heteroatoms. The van der Waals surface area contributed by atoms with E-state index in [4.69, 9.17) is 4.74 Å². The number of hydrogen-bond acceptors (Lipinski definition) is 5. The fourth-order valence-electron chi connectivity index (χ4n) is 3.16. The average Bonchev–Trinajstić information content (AvgIpc) is 3.30. The number of thiophene rings is 1. The second-order valence-electron chi connectivity index (χ2n) is 6.36. The summed E-state index contributed by atoms with van der Waals surface area (Å²) in [6, 6.07) is 11.6. The molecule has 26 heavy (non-hydrogen) atoms. The minimum atomic E-state index is -1.01. The van der Waals surface area contributed by atoms with Crippen LogP contribution in [-0.4, -0.2) is 48.7 Å². The summed E-state index contributed by atoms with van der Waals surface area (Å²) in [4.78, 5) is 28.5. The van der Waals surface area contributed by atoms with Gasteiger partial charge in [0, 0.05) is 35.7 Å². The molecule has 2 aromatic rings. The molecule has 1 N–H and O–H groups in total. The molecule has 0 aliphatic carbocycles. The first kappa shape index (κ1) is 18.9. The van der Waals surface area contributed by atoms with Crippen molar-refractivity contribution < 1.29 is 19.4 Å². The zero-order valence-corrected chi connectivity index (χ0v) is 16.1. The predicted molar refractivity (Wildman–Crippen MR) is 103 cm³/mol. The van der Waals surface area contributed by atoms with Crippen LogP contribution in [-0.2, 0) is 15.3 Å². The van der Waals surface area contributed by atoms with Crippen molar-refractivity contribution in [2.45, 2.75) is 17.1 Å². The molecule has 2 heterocycles. The van der Waals surface area contributed by atoms with Gasteiger partial charge in [0.25, 0.3) is 5.91 Å². The first-order valence-corrected chi connectivity index (χ1v) is 10.2. The van der Waals surface area contributed by atoms with Crippen LogP contribution < -0.4 is 0 Å². The molecule has 1 unspecified atom stereocenters. The van der Waals surface area contributed by atoms with Gasteiger partial charge in [0.2, 0.25) is 0 Å². The molecule has 1 aromatic heterocycles. The second-order valence-corrected chi connectivity index (χ2v) is 8.41. The number of thioether (sulfide) groups is 1. The molecule has 0 bridgehead atoms. The van der Waals surface area contributed by atoms with Crippen LogP contribution >= 0.6 is 23.1 Å². The Morgan fingerprint density at radius 2 is 2.12 bits per heavy atom. The minimum Gasteiger partial charge on any atom is -0.481 e. The van der Waals surface area contributed by atoms with Gasteiger partial charge in [-0.1, -0.05) is 18.2 Å². The number of benzene rings is 1. The van der Waals surface area contributed by atoms with E-state index in [-0.39, 0.29) is 19.1 Å². The Morgan fingerprint density at radius 3 is 2.81 bits per heavy atom. The molecule has 1 aliphatic rings. The number of carboxylic acid groups (broad SMARTS) is 1. The normalized spacial score (nSPS) is 19.7. The van der Waals surface area contributed by atoms with Gasteiger partial charge in [-0.25, -0.2) is 0 Å². The summed E-state index contributed by atoms with van der Waals surface area (Å²) in [5.74, 6) is -0.210. The lowest BCUT2D eigenvalue weighted by Gasteiger charge is -2.24. The van der Waals surface area contributed by atoms with Crippen LogP contribution in [0, 0.1) is 5.41 Å². The van der Waals surface area contributed by atoms with Crippen LogP contribution in [0.4, 0.5) is 0 Å². The summed E-state index contributed by atoms with van der Waals surface area (Å²) in [5, 5.41) is 11.6. The maximum atomic E-state index is 13.0. The van der Waals surface area contributed by atoms with Gasteiger partial charge < -0.3 is 14.7 Å². The van der Waals surface area contributed by atoms with Gasteiger partial charge in [-0.3, -0.25) is 9.59 Å². The van der Waals surface area contributed by atoms with Crippen molar-refractivity contribution in [3.63, 3.8) is 0 Å². The highest BCUT2D eigenvalue weighted by Crippen LogP contribution is 2.34. The third-order valence-electron chi connectivity index (χ3n) is 4.58. The standard InChI is InChI=1S/C19H21NO4S2/c1-24-13-19(18(22)23)8-9-20(12-19)17(21)15-6-2-3-7-16(15)26-11-14-5-4-10-25-14/h2-7,10H,8-9,11-13H2,1H3,(H,22,23). The van der Waals surface area contributed by atoms with Gasteiger partial charge >= 0.3 is 5.97 Å². The maximum Gasteiger partial charge on any atom is 0.313 e. The van der Waals surface area contributed by atoms with E-state index < -0.39 is 11.4 Å². The average molecular weight is 392 g/mol. The highest BCUT2D eigenvalue weighted by Gasteiger charge is 2.46. The van der Waals surface area contributed by atoms with Crippen LogP contribution in [0.1, 0.15) is 21.7 Å². The molecule has 138 valence electrons. The molecule has 1 atom stereocenters. The van der Waals surface area contributed by atoms with Crippen LogP contribution in [0.15, 0.2) is 46.7 Å². The number of aliphatic carboxylic acids is 1. The Bertz CT molecular complexity index is 778. The predicted octanol–water partition coefficient (Wildman–Crippen LogP) is 3.60. The van der Waals surface area contributed by atoms with E-state index in [9.17, 15) is 14.7 Å². The van der Waals surface area contributed by atoms with Crippen molar-refractivity contribution in [2.24, 2.45) is 5.41 Å². The van der Waals surface area contributed by atoms with E-state index in [2.05, 4.69) is 6.07 Å². The first-order chi connectivity index (χ1) is 12.6. The summed E-state index contributed by atoms with van der Waals surface area (Å²) in [7, 11) is 1.49. The smallest absolute Gasteiger partial charge is 0.313 e. The molecule has 1 amide bonds. The van der Waals surface area contributed by atoms with Crippen molar-refractivity contribution in [1.82, 2.24) is 4.90 Å². The van der Waals surface area contributed by atoms with Crippen molar-refractivity contribution in [3.8, 4) is 0 Å². The van der Waals surface area contributed by atoms with Gasteiger partial charge in [0.15, 0.2) is 0 Å². The van der Waals surface area contributed by atoms with Crippen molar-refractivity contribution in [1.29, 1.82) is 0 Å². The van der Waals surface area contributed by atoms with E-state index in [1.807, 2.05) is 35.7 Å². The van der Waals surface area contributed by atoms with Crippen LogP contribution in [0.2, 0.25) is 0 Å². The van der Waals surface area contributed by atoms with Crippen LogP contribution in [0.5, 0.6) is 0 Å². The number of ether oxygens (including phenoxy) is 1. The lowest BCUT2D eigenvalue weighted by molar-refractivity contribution is -0.151. The zero-order chi connectivity index (χ0) is 18.6. The third kappa shape index (κ3) is 3.95. The lowest BCUT2D eigenvalue weighted by atomic mass is 9.88. The molecule has 0 spiro atoms. The van der Waals surface area contributed by atoms with Crippen LogP contribution in [0.3, 0.4) is 0 Å². The molecule has 3 rings (SSSR count). The van der Waals surface area contributed by atoms with E-state index in [0.717, 1.165) is 10.6 Å². The highest BCUT2D eigenvalue weighted by molar-refractivity contribution is 7.98. The quantitative estimate of drug-likeness (QED) is 0.731. The van der Waals surface area contributed by atoms with E-state index in [1.165, 1.54) is 12.0 Å². The number of nitrogens with zero attached hydrogens (tertiary/aromatic N) is 1. The fraction of sp³-hybridized carbons (Fsp3) is 0.368. The second kappa shape index (κ2) is 8.24. The van der Waals surface area contributed by atoms with Gasteiger partial charge in [0.1, 0.15) is 5.41 Å². The fourth-order valence-corrected chi connectivity index (χ4v) is 4.98. The Hall–Kier alpha value is -1.83. The van der Waals surface area contributed by atoms with Gasteiger partial charge in [0.05, 0.1) is 12.2 Å². The molecule has 5 nitrogen and oxygen atoms in total. The topological polar surface area (TPSA) is 66.8 Å².